The van der Waals surface area contributed by atoms with Crippen molar-refractivity contribution in [3.05, 3.63) is 41.5 Å². The van der Waals surface area contributed by atoms with Crippen molar-refractivity contribution in [3.63, 3.8) is 0 Å². The van der Waals surface area contributed by atoms with Gasteiger partial charge in [-0.25, -0.2) is 0 Å². The first-order valence-corrected chi connectivity index (χ1v) is 10.9. The minimum Gasteiger partial charge on any atom is -0.368 e. The second-order valence-electron chi connectivity index (χ2n) is 8.19. The fourth-order valence-corrected chi connectivity index (χ4v) is 4.32. The molecule has 7 nitrogen and oxygen atoms in total. The minimum atomic E-state index is 0.555. The van der Waals surface area contributed by atoms with Crippen LogP contribution in [0.25, 0.3) is 0 Å². The first kappa shape index (κ1) is 19.7. The highest BCUT2D eigenvalue weighted by Crippen LogP contribution is 2.21. The molecule has 1 N–H and O–H groups in total. The average molecular weight is 396 g/mol. The zero-order chi connectivity index (χ0) is 20.2. The average Bonchev–Trinajstić information content (AvgIpc) is 3.11. The molecular formula is C22H33N7. The minimum absolute atomic E-state index is 0.555. The van der Waals surface area contributed by atoms with E-state index < -0.39 is 0 Å². The Morgan fingerprint density at radius 2 is 2.00 bits per heavy atom. The predicted molar refractivity (Wildman–Crippen MR) is 118 cm³/mol. The molecule has 2 aromatic rings. The molecule has 7 heteroatoms. The summed E-state index contributed by atoms with van der Waals surface area (Å²) in [6.07, 6.45) is 2.15. The number of fused-ring (bicyclic) bond motifs is 1. The smallest absolute Gasteiger partial charge is 0.194 e. The summed E-state index contributed by atoms with van der Waals surface area (Å²) in [6.45, 7) is 13.1. The van der Waals surface area contributed by atoms with Gasteiger partial charge in [0.25, 0.3) is 0 Å². The van der Waals surface area contributed by atoms with E-state index in [1.165, 1.54) is 11.3 Å². The predicted octanol–water partition coefficient (Wildman–Crippen LogP) is 2.25. The molecule has 1 aromatic carbocycles. The molecule has 1 aromatic heterocycles. The van der Waals surface area contributed by atoms with Gasteiger partial charge >= 0.3 is 0 Å². The number of rotatable bonds is 4. The van der Waals surface area contributed by atoms with E-state index in [4.69, 9.17) is 4.99 Å². The Kier molecular flexibility index (Phi) is 6.02. The molecule has 0 aliphatic carbocycles. The summed E-state index contributed by atoms with van der Waals surface area (Å²) < 4.78 is 2.26. The van der Waals surface area contributed by atoms with E-state index in [9.17, 15) is 0 Å². The number of hydrogen-bond donors (Lipinski definition) is 1. The number of anilines is 1. The maximum Gasteiger partial charge on any atom is 0.194 e. The first-order valence-electron chi connectivity index (χ1n) is 10.9. The molecule has 4 rings (SSSR count). The number of nitrogens with zero attached hydrogens (tertiary/aromatic N) is 6. The first-order chi connectivity index (χ1) is 14.1. The highest BCUT2D eigenvalue weighted by molar-refractivity contribution is 5.80. The number of aliphatic imine (C=N–C) groups is 1. The fraction of sp³-hybridized carbons (Fsp3) is 0.591. The van der Waals surface area contributed by atoms with Crippen molar-refractivity contribution < 1.29 is 0 Å². The molecule has 0 amide bonds. The van der Waals surface area contributed by atoms with Crippen LogP contribution in [0, 0.1) is 19.8 Å². The Morgan fingerprint density at radius 3 is 2.76 bits per heavy atom. The second-order valence-corrected chi connectivity index (χ2v) is 8.19. The Hall–Kier alpha value is -2.57. The molecule has 0 radical (unpaired) electrons. The normalized spacial score (nSPS) is 20.0. The van der Waals surface area contributed by atoms with Gasteiger partial charge < -0.3 is 19.7 Å². The number of aromatic nitrogens is 3. The van der Waals surface area contributed by atoms with Gasteiger partial charge in [-0.1, -0.05) is 12.1 Å². The maximum atomic E-state index is 5.02. The molecule has 29 heavy (non-hydrogen) atoms. The van der Waals surface area contributed by atoms with Crippen molar-refractivity contribution in [3.8, 4) is 0 Å². The summed E-state index contributed by atoms with van der Waals surface area (Å²) in [6, 6.07) is 8.80. The molecular weight excluding hydrogens is 362 g/mol. The number of aryl methyl sites for hydroxylation is 3. The number of guanidine groups is 1. The third-order valence-corrected chi connectivity index (χ3v) is 6.01. The van der Waals surface area contributed by atoms with Gasteiger partial charge in [-0.15, -0.1) is 10.2 Å². The molecule has 1 atom stereocenters. The zero-order valence-electron chi connectivity index (χ0n) is 17.9. The lowest BCUT2D eigenvalue weighted by atomic mass is 9.99. The van der Waals surface area contributed by atoms with Gasteiger partial charge in [-0.2, -0.15) is 0 Å². The second kappa shape index (κ2) is 8.84. The summed E-state index contributed by atoms with van der Waals surface area (Å²) >= 11 is 0. The molecule has 0 saturated carbocycles. The molecule has 0 spiro atoms. The maximum absolute atomic E-state index is 5.02. The molecule has 3 heterocycles. The summed E-state index contributed by atoms with van der Waals surface area (Å²) in [5.74, 6) is 3.76. The van der Waals surface area contributed by atoms with Crippen molar-refractivity contribution in [2.45, 2.75) is 40.2 Å². The van der Waals surface area contributed by atoms with Crippen molar-refractivity contribution in [1.82, 2.24) is 25.0 Å². The van der Waals surface area contributed by atoms with Crippen molar-refractivity contribution in [1.29, 1.82) is 0 Å². The van der Waals surface area contributed by atoms with E-state index in [2.05, 4.69) is 68.0 Å². The Bertz CT molecular complexity index is 849. The third-order valence-electron chi connectivity index (χ3n) is 6.01. The molecule has 0 bridgehead atoms. The zero-order valence-corrected chi connectivity index (χ0v) is 17.9. The van der Waals surface area contributed by atoms with E-state index in [1.54, 1.807) is 0 Å². The van der Waals surface area contributed by atoms with Crippen LogP contribution in [-0.4, -0.2) is 64.9 Å². The Balaban J connectivity index is 1.36. The summed E-state index contributed by atoms with van der Waals surface area (Å²) in [5.41, 5.74) is 2.65. The van der Waals surface area contributed by atoms with E-state index in [0.717, 1.165) is 76.3 Å². The van der Waals surface area contributed by atoms with Crippen LogP contribution in [-0.2, 0) is 13.0 Å². The number of piperazine rings is 1. The van der Waals surface area contributed by atoms with Gasteiger partial charge in [0.05, 0.1) is 0 Å². The van der Waals surface area contributed by atoms with Crippen LogP contribution >= 0.6 is 0 Å². The van der Waals surface area contributed by atoms with Crippen LogP contribution in [0.15, 0.2) is 29.3 Å². The molecule has 156 valence electrons. The third kappa shape index (κ3) is 4.54. The van der Waals surface area contributed by atoms with Crippen LogP contribution in [0.3, 0.4) is 0 Å². The fourth-order valence-electron chi connectivity index (χ4n) is 4.32. The van der Waals surface area contributed by atoms with Crippen molar-refractivity contribution >= 4 is 11.6 Å². The van der Waals surface area contributed by atoms with Crippen LogP contribution < -0.4 is 10.2 Å². The van der Waals surface area contributed by atoms with Gasteiger partial charge in [-0.3, -0.25) is 4.99 Å². The largest absolute Gasteiger partial charge is 0.368 e. The van der Waals surface area contributed by atoms with Crippen molar-refractivity contribution in [2.75, 3.05) is 44.2 Å². The standard InChI is InChI=1S/C22H33N7/c1-4-23-22(24-15-19-8-9-21-26-25-18(3)29(21)16-19)28-12-10-27(11-13-28)20-7-5-6-17(2)14-20/h5-7,14,19H,4,8-13,15-16H2,1-3H3,(H,23,24). The summed E-state index contributed by atoms with van der Waals surface area (Å²) in [5, 5.41) is 12.0. The molecule has 2 aliphatic rings. The number of hydrogen-bond acceptors (Lipinski definition) is 4. The molecule has 2 aliphatic heterocycles. The SMILES string of the molecule is CCNC(=NCC1CCc2nnc(C)n2C1)N1CCN(c2cccc(C)c2)CC1. The summed E-state index contributed by atoms with van der Waals surface area (Å²) in [7, 11) is 0. The van der Waals surface area contributed by atoms with Gasteiger partial charge in [0.2, 0.25) is 0 Å². The van der Waals surface area contributed by atoms with Gasteiger partial charge in [-0.05, 0) is 50.8 Å². The summed E-state index contributed by atoms with van der Waals surface area (Å²) in [4.78, 5) is 9.91. The molecule has 1 unspecified atom stereocenters. The Morgan fingerprint density at radius 1 is 1.17 bits per heavy atom. The van der Waals surface area contributed by atoms with Crippen LogP contribution in [0.4, 0.5) is 5.69 Å². The van der Waals surface area contributed by atoms with Gasteiger partial charge in [0.1, 0.15) is 11.6 Å². The lowest BCUT2D eigenvalue weighted by molar-refractivity contribution is 0.354. The van der Waals surface area contributed by atoms with E-state index in [-0.39, 0.29) is 0 Å². The highest BCUT2D eigenvalue weighted by atomic mass is 15.3. The molecule has 1 fully saturated rings. The van der Waals surface area contributed by atoms with Gasteiger partial charge in [0, 0.05) is 57.9 Å². The monoisotopic (exact) mass is 395 g/mol. The lowest BCUT2D eigenvalue weighted by Gasteiger charge is -2.38. The van der Waals surface area contributed by atoms with Gasteiger partial charge in [0.15, 0.2) is 5.96 Å². The quantitative estimate of drug-likeness (QED) is 0.636. The van der Waals surface area contributed by atoms with E-state index in [1.807, 2.05) is 6.92 Å². The van der Waals surface area contributed by atoms with Crippen LogP contribution in [0.5, 0.6) is 0 Å². The lowest BCUT2D eigenvalue weighted by Crippen LogP contribution is -2.52. The number of benzene rings is 1. The van der Waals surface area contributed by atoms with E-state index in [0.29, 0.717) is 5.92 Å². The van der Waals surface area contributed by atoms with E-state index >= 15 is 0 Å². The van der Waals surface area contributed by atoms with Crippen LogP contribution in [0.1, 0.15) is 30.6 Å². The highest BCUT2D eigenvalue weighted by Gasteiger charge is 2.23. The Labute approximate surface area is 173 Å². The molecule has 1 saturated heterocycles. The van der Waals surface area contributed by atoms with Crippen molar-refractivity contribution in [2.24, 2.45) is 10.9 Å². The topological polar surface area (TPSA) is 61.6 Å². The van der Waals surface area contributed by atoms with Crippen LogP contribution in [0.2, 0.25) is 0 Å². The number of nitrogens with one attached hydrogen (secondary N) is 1.